The van der Waals surface area contributed by atoms with Crippen molar-refractivity contribution in [3.8, 4) is 16.6 Å². The lowest BCUT2D eigenvalue weighted by Crippen LogP contribution is -1.95. The standard InChI is InChI=1S/C16H16N4S/c1-9(2)14-13(8-17)20-16(18-14)21-15(19-20)12-6-5-10(3)11(4)7-12/h5-7,9H,1-4H3. The van der Waals surface area contributed by atoms with Crippen LogP contribution in [0.5, 0.6) is 0 Å². The topological polar surface area (TPSA) is 54.0 Å². The highest BCUT2D eigenvalue weighted by Crippen LogP contribution is 2.30. The van der Waals surface area contributed by atoms with Gasteiger partial charge in [0, 0.05) is 5.56 Å². The van der Waals surface area contributed by atoms with E-state index in [0.717, 1.165) is 21.2 Å². The van der Waals surface area contributed by atoms with Crippen LogP contribution in [-0.2, 0) is 0 Å². The second-order valence-electron chi connectivity index (χ2n) is 5.51. The summed E-state index contributed by atoms with van der Waals surface area (Å²) in [6.45, 7) is 8.26. The van der Waals surface area contributed by atoms with Crippen LogP contribution in [0.15, 0.2) is 18.2 Å². The van der Waals surface area contributed by atoms with Crippen molar-refractivity contribution < 1.29 is 0 Å². The zero-order valence-electron chi connectivity index (χ0n) is 12.5. The van der Waals surface area contributed by atoms with Gasteiger partial charge in [-0.3, -0.25) is 0 Å². The van der Waals surface area contributed by atoms with E-state index in [9.17, 15) is 5.26 Å². The summed E-state index contributed by atoms with van der Waals surface area (Å²) in [5, 5.41) is 14.8. The first-order valence-electron chi connectivity index (χ1n) is 6.88. The van der Waals surface area contributed by atoms with E-state index < -0.39 is 0 Å². The van der Waals surface area contributed by atoms with Gasteiger partial charge in [-0.05, 0) is 37.0 Å². The second-order valence-corrected chi connectivity index (χ2v) is 6.47. The SMILES string of the molecule is Cc1ccc(-c2nn3c(C#N)c(C(C)C)nc3s2)cc1C. The van der Waals surface area contributed by atoms with Crippen LogP contribution in [0.25, 0.3) is 15.5 Å². The van der Waals surface area contributed by atoms with Crippen LogP contribution in [0.4, 0.5) is 0 Å². The number of hydrogen-bond donors (Lipinski definition) is 0. The van der Waals surface area contributed by atoms with Gasteiger partial charge < -0.3 is 0 Å². The fraction of sp³-hybridized carbons (Fsp3) is 0.312. The van der Waals surface area contributed by atoms with Crippen LogP contribution < -0.4 is 0 Å². The Balaban J connectivity index is 2.16. The Hall–Kier alpha value is -2.19. The van der Waals surface area contributed by atoms with Gasteiger partial charge in [-0.1, -0.05) is 37.3 Å². The zero-order valence-corrected chi connectivity index (χ0v) is 13.3. The first-order chi connectivity index (χ1) is 10.0. The van der Waals surface area contributed by atoms with E-state index in [0.29, 0.717) is 5.69 Å². The highest BCUT2D eigenvalue weighted by atomic mass is 32.1. The maximum absolute atomic E-state index is 9.37. The molecule has 0 aliphatic rings. The minimum atomic E-state index is 0.221. The summed E-state index contributed by atoms with van der Waals surface area (Å²) in [6.07, 6.45) is 0. The molecule has 0 amide bonds. The van der Waals surface area contributed by atoms with Gasteiger partial charge in [-0.15, -0.1) is 0 Å². The molecule has 0 spiro atoms. The maximum atomic E-state index is 9.37. The molecule has 0 fully saturated rings. The minimum Gasteiger partial charge on any atom is -0.221 e. The Bertz CT molecular complexity index is 864. The van der Waals surface area contributed by atoms with Gasteiger partial charge in [0.1, 0.15) is 11.1 Å². The highest BCUT2D eigenvalue weighted by Gasteiger charge is 2.19. The lowest BCUT2D eigenvalue weighted by Gasteiger charge is -2.02. The Labute approximate surface area is 127 Å². The predicted molar refractivity (Wildman–Crippen MR) is 84.6 cm³/mol. The van der Waals surface area contributed by atoms with E-state index in [-0.39, 0.29) is 5.92 Å². The molecule has 0 unspecified atom stereocenters. The van der Waals surface area contributed by atoms with E-state index in [1.165, 1.54) is 22.5 Å². The first-order valence-corrected chi connectivity index (χ1v) is 7.70. The number of aromatic nitrogens is 3. The normalized spacial score (nSPS) is 11.2. The van der Waals surface area contributed by atoms with Crippen molar-refractivity contribution >= 4 is 16.3 Å². The third-order valence-electron chi connectivity index (χ3n) is 3.64. The minimum absolute atomic E-state index is 0.221. The zero-order chi connectivity index (χ0) is 15.1. The Kier molecular flexibility index (Phi) is 3.26. The molecule has 0 atom stereocenters. The summed E-state index contributed by atoms with van der Waals surface area (Å²) in [5.41, 5.74) is 4.95. The fourth-order valence-corrected chi connectivity index (χ4v) is 3.17. The maximum Gasteiger partial charge on any atom is 0.213 e. The molecule has 0 N–H and O–H groups in total. The molecule has 0 radical (unpaired) electrons. The van der Waals surface area contributed by atoms with Crippen LogP contribution in [0.3, 0.4) is 0 Å². The molecular weight excluding hydrogens is 280 g/mol. The molecule has 0 saturated heterocycles. The average molecular weight is 296 g/mol. The number of fused-ring (bicyclic) bond motifs is 1. The number of aryl methyl sites for hydroxylation is 2. The monoisotopic (exact) mass is 296 g/mol. The van der Waals surface area contributed by atoms with E-state index in [1.807, 2.05) is 13.8 Å². The predicted octanol–water partition coefficient (Wildman–Crippen LogP) is 4.07. The van der Waals surface area contributed by atoms with Crippen LogP contribution in [0.1, 0.15) is 42.3 Å². The smallest absolute Gasteiger partial charge is 0.213 e. The summed E-state index contributed by atoms with van der Waals surface area (Å²) in [5.74, 6) is 0.221. The Morgan fingerprint density at radius 2 is 2.00 bits per heavy atom. The van der Waals surface area contributed by atoms with Crippen LogP contribution >= 0.6 is 11.3 Å². The van der Waals surface area contributed by atoms with E-state index in [4.69, 9.17) is 0 Å². The third kappa shape index (κ3) is 2.22. The molecule has 5 heteroatoms. The first kappa shape index (κ1) is 13.8. The number of benzene rings is 1. The fourth-order valence-electron chi connectivity index (χ4n) is 2.26. The van der Waals surface area contributed by atoms with Gasteiger partial charge in [0.25, 0.3) is 0 Å². The van der Waals surface area contributed by atoms with Crippen LogP contribution in [-0.4, -0.2) is 14.6 Å². The largest absolute Gasteiger partial charge is 0.221 e. The van der Waals surface area contributed by atoms with Gasteiger partial charge in [0.05, 0.1) is 5.69 Å². The molecule has 2 aromatic heterocycles. The molecule has 106 valence electrons. The number of nitriles is 1. The molecular formula is C16H16N4S. The van der Waals surface area contributed by atoms with Crippen molar-refractivity contribution in [2.75, 3.05) is 0 Å². The van der Waals surface area contributed by atoms with Gasteiger partial charge in [0.2, 0.25) is 4.96 Å². The van der Waals surface area contributed by atoms with Crippen molar-refractivity contribution in [1.82, 2.24) is 14.6 Å². The molecule has 0 bridgehead atoms. The van der Waals surface area contributed by atoms with Gasteiger partial charge in [-0.25, -0.2) is 4.98 Å². The van der Waals surface area contributed by atoms with Gasteiger partial charge in [0.15, 0.2) is 5.69 Å². The number of imidazole rings is 1. The molecule has 2 heterocycles. The van der Waals surface area contributed by atoms with Gasteiger partial charge in [-0.2, -0.15) is 14.9 Å². The van der Waals surface area contributed by atoms with Crippen molar-refractivity contribution in [3.05, 3.63) is 40.7 Å². The van der Waals surface area contributed by atoms with Crippen molar-refractivity contribution in [2.45, 2.75) is 33.6 Å². The molecule has 0 aliphatic heterocycles. The van der Waals surface area contributed by atoms with Crippen LogP contribution in [0.2, 0.25) is 0 Å². The summed E-state index contributed by atoms with van der Waals surface area (Å²) in [4.78, 5) is 5.35. The number of hydrogen-bond acceptors (Lipinski definition) is 4. The Morgan fingerprint density at radius 3 is 2.62 bits per heavy atom. The molecule has 1 aromatic carbocycles. The average Bonchev–Trinajstić information content (AvgIpc) is 2.98. The Morgan fingerprint density at radius 1 is 1.24 bits per heavy atom. The van der Waals surface area contributed by atoms with Crippen molar-refractivity contribution in [1.29, 1.82) is 5.26 Å². The number of nitrogens with zero attached hydrogens (tertiary/aromatic N) is 4. The molecule has 21 heavy (non-hydrogen) atoms. The molecule has 0 saturated carbocycles. The quantitative estimate of drug-likeness (QED) is 0.716. The second kappa shape index (κ2) is 4.97. The molecule has 3 aromatic rings. The van der Waals surface area contributed by atoms with E-state index in [2.05, 4.69) is 48.2 Å². The van der Waals surface area contributed by atoms with E-state index >= 15 is 0 Å². The summed E-state index contributed by atoms with van der Waals surface area (Å²) in [7, 11) is 0. The lowest BCUT2D eigenvalue weighted by molar-refractivity contribution is 0.822. The van der Waals surface area contributed by atoms with Crippen molar-refractivity contribution in [3.63, 3.8) is 0 Å². The van der Waals surface area contributed by atoms with Gasteiger partial charge >= 0.3 is 0 Å². The molecule has 3 rings (SSSR count). The summed E-state index contributed by atoms with van der Waals surface area (Å²) in [6, 6.07) is 8.52. The van der Waals surface area contributed by atoms with E-state index in [1.54, 1.807) is 4.52 Å². The molecule has 0 aliphatic carbocycles. The molecule has 4 nitrogen and oxygen atoms in total. The van der Waals surface area contributed by atoms with Crippen LogP contribution in [0, 0.1) is 25.2 Å². The summed E-state index contributed by atoms with van der Waals surface area (Å²) < 4.78 is 1.67. The highest BCUT2D eigenvalue weighted by molar-refractivity contribution is 7.19. The third-order valence-corrected chi connectivity index (χ3v) is 4.59. The van der Waals surface area contributed by atoms with Crippen molar-refractivity contribution in [2.24, 2.45) is 0 Å². The summed E-state index contributed by atoms with van der Waals surface area (Å²) >= 11 is 1.52. The number of rotatable bonds is 2. The lowest BCUT2D eigenvalue weighted by atomic mass is 10.1.